The molecule has 0 atom stereocenters. The van der Waals surface area contributed by atoms with Gasteiger partial charge in [-0.05, 0) is 11.1 Å². The third-order valence-electron chi connectivity index (χ3n) is 1.89. The van der Waals surface area contributed by atoms with Crippen LogP contribution in [0, 0.1) is 0 Å². The summed E-state index contributed by atoms with van der Waals surface area (Å²) in [6.07, 6.45) is -0.720. The summed E-state index contributed by atoms with van der Waals surface area (Å²) in [5.74, 6) is -1.13. The Morgan fingerprint density at radius 1 is 1.53 bits per heavy atom. The van der Waals surface area contributed by atoms with E-state index in [0.717, 1.165) is 6.20 Å². The fourth-order valence-electron chi connectivity index (χ4n) is 1.22. The molecule has 1 aromatic heterocycles. The van der Waals surface area contributed by atoms with Crippen LogP contribution in [0.5, 0.6) is 0 Å². The molecule has 0 aliphatic heterocycles. The van der Waals surface area contributed by atoms with Gasteiger partial charge in [-0.3, -0.25) is 9.78 Å². The summed E-state index contributed by atoms with van der Waals surface area (Å²) >= 11 is 3.10. The molecule has 6 heteroatoms. The summed E-state index contributed by atoms with van der Waals surface area (Å²) in [6, 6.07) is 0. The van der Waals surface area contributed by atoms with E-state index in [9.17, 15) is 13.6 Å². The van der Waals surface area contributed by atoms with Gasteiger partial charge in [-0.1, -0.05) is 15.9 Å². The molecule has 1 rings (SSSR count). The molecule has 0 fully saturated rings. The van der Waals surface area contributed by atoms with Gasteiger partial charge in [-0.15, -0.1) is 0 Å². The van der Waals surface area contributed by atoms with Crippen molar-refractivity contribution in [1.29, 1.82) is 0 Å². The molecule has 0 saturated carbocycles. The van der Waals surface area contributed by atoms with Gasteiger partial charge < -0.3 is 5.11 Å². The topological polar surface area (TPSA) is 50.2 Å². The van der Waals surface area contributed by atoms with Gasteiger partial charge in [0.25, 0.3) is 6.43 Å². The van der Waals surface area contributed by atoms with Crippen molar-refractivity contribution in [2.24, 2.45) is 0 Å². The van der Waals surface area contributed by atoms with Crippen molar-refractivity contribution < 1.29 is 18.7 Å². The third kappa shape index (κ3) is 2.95. The smallest absolute Gasteiger partial charge is 0.307 e. The third-order valence-corrected chi connectivity index (χ3v) is 2.49. The Bertz CT molecular complexity index is 371. The number of nitrogens with zero attached hydrogens (tertiary/aromatic N) is 1. The van der Waals surface area contributed by atoms with Crippen LogP contribution in [-0.4, -0.2) is 16.1 Å². The lowest BCUT2D eigenvalue weighted by Crippen LogP contribution is -2.07. The first-order valence-corrected chi connectivity index (χ1v) is 5.20. The van der Waals surface area contributed by atoms with Gasteiger partial charge in [0.15, 0.2) is 0 Å². The van der Waals surface area contributed by atoms with Crippen molar-refractivity contribution >= 4 is 21.9 Å². The Kier molecular flexibility index (Phi) is 4.14. The predicted molar refractivity (Wildman–Crippen MR) is 53.2 cm³/mol. The van der Waals surface area contributed by atoms with Gasteiger partial charge in [0.2, 0.25) is 0 Å². The standard InChI is InChI=1S/C9H8BrF2NO2/c10-2-5-3-13-4-7(9(11)12)6(5)1-8(14)15/h3-4,9H,1-2H2,(H,14,15). The van der Waals surface area contributed by atoms with Crippen LogP contribution in [-0.2, 0) is 16.5 Å². The van der Waals surface area contributed by atoms with Crippen LogP contribution in [0.4, 0.5) is 8.78 Å². The Balaban J connectivity index is 3.20. The highest BCUT2D eigenvalue weighted by Crippen LogP contribution is 2.26. The van der Waals surface area contributed by atoms with Crippen molar-refractivity contribution in [2.45, 2.75) is 18.2 Å². The van der Waals surface area contributed by atoms with E-state index in [4.69, 9.17) is 5.11 Å². The van der Waals surface area contributed by atoms with Gasteiger partial charge in [0.05, 0.1) is 6.42 Å². The van der Waals surface area contributed by atoms with Crippen molar-refractivity contribution in [3.63, 3.8) is 0 Å². The van der Waals surface area contributed by atoms with Gasteiger partial charge in [-0.25, -0.2) is 8.78 Å². The molecule has 0 radical (unpaired) electrons. The molecule has 1 aromatic rings. The van der Waals surface area contributed by atoms with Crippen molar-refractivity contribution in [2.75, 3.05) is 0 Å². The fraction of sp³-hybridized carbons (Fsp3) is 0.333. The Morgan fingerprint density at radius 3 is 2.67 bits per heavy atom. The molecule has 0 spiro atoms. The second-order valence-corrected chi connectivity index (χ2v) is 3.43. The number of hydrogen-bond acceptors (Lipinski definition) is 2. The minimum absolute atomic E-state index is 0.143. The molecule has 15 heavy (non-hydrogen) atoms. The molecule has 0 amide bonds. The normalized spacial score (nSPS) is 10.7. The molecule has 0 bridgehead atoms. The molecule has 0 aromatic carbocycles. The number of alkyl halides is 3. The second kappa shape index (κ2) is 5.16. The lowest BCUT2D eigenvalue weighted by molar-refractivity contribution is -0.136. The summed E-state index contributed by atoms with van der Waals surface area (Å²) in [5, 5.41) is 8.92. The zero-order valence-electron chi connectivity index (χ0n) is 7.58. The van der Waals surface area contributed by atoms with E-state index in [-0.39, 0.29) is 11.1 Å². The summed E-state index contributed by atoms with van der Waals surface area (Å²) in [4.78, 5) is 14.2. The quantitative estimate of drug-likeness (QED) is 0.862. The van der Waals surface area contributed by atoms with E-state index in [1.165, 1.54) is 6.20 Å². The fourth-order valence-corrected chi connectivity index (χ4v) is 1.70. The summed E-state index contributed by atoms with van der Waals surface area (Å²) in [5.41, 5.74) is 0.314. The van der Waals surface area contributed by atoms with Crippen molar-refractivity contribution in [3.8, 4) is 0 Å². The van der Waals surface area contributed by atoms with Crippen LogP contribution in [0.15, 0.2) is 12.4 Å². The number of carboxylic acid groups (broad SMARTS) is 1. The van der Waals surface area contributed by atoms with E-state index in [1.54, 1.807) is 0 Å². The van der Waals surface area contributed by atoms with Crippen LogP contribution >= 0.6 is 15.9 Å². The van der Waals surface area contributed by atoms with Crippen molar-refractivity contribution in [3.05, 3.63) is 29.1 Å². The first kappa shape index (κ1) is 12.0. The highest BCUT2D eigenvalue weighted by Gasteiger charge is 2.18. The molecular formula is C9H8BrF2NO2. The zero-order valence-corrected chi connectivity index (χ0v) is 9.17. The molecule has 0 aliphatic carbocycles. The van der Waals surface area contributed by atoms with E-state index < -0.39 is 18.8 Å². The van der Waals surface area contributed by atoms with Gasteiger partial charge in [0.1, 0.15) is 0 Å². The van der Waals surface area contributed by atoms with Crippen LogP contribution in [0.25, 0.3) is 0 Å². The van der Waals surface area contributed by atoms with Crippen molar-refractivity contribution in [1.82, 2.24) is 4.98 Å². The van der Waals surface area contributed by atoms with E-state index in [0.29, 0.717) is 10.9 Å². The molecule has 1 heterocycles. The highest BCUT2D eigenvalue weighted by molar-refractivity contribution is 9.08. The molecule has 1 N–H and O–H groups in total. The molecule has 0 unspecified atom stereocenters. The predicted octanol–water partition coefficient (Wildman–Crippen LogP) is 2.54. The maximum absolute atomic E-state index is 12.5. The Labute approximate surface area is 93.3 Å². The number of halogens is 3. The van der Waals surface area contributed by atoms with E-state index in [2.05, 4.69) is 20.9 Å². The lowest BCUT2D eigenvalue weighted by Gasteiger charge is -2.10. The minimum atomic E-state index is -2.70. The minimum Gasteiger partial charge on any atom is -0.481 e. The lowest BCUT2D eigenvalue weighted by atomic mass is 10.0. The van der Waals surface area contributed by atoms with Gasteiger partial charge in [0, 0.05) is 23.3 Å². The number of carbonyl (C=O) groups is 1. The number of aliphatic carboxylic acids is 1. The zero-order chi connectivity index (χ0) is 11.4. The molecule has 0 aliphatic rings. The van der Waals surface area contributed by atoms with E-state index in [1.807, 2.05) is 0 Å². The van der Waals surface area contributed by atoms with Crippen LogP contribution in [0.1, 0.15) is 23.1 Å². The average Bonchev–Trinajstić information content (AvgIpc) is 2.16. The number of rotatable bonds is 4. The second-order valence-electron chi connectivity index (χ2n) is 2.87. The average molecular weight is 280 g/mol. The summed E-state index contributed by atoms with van der Waals surface area (Å²) in [7, 11) is 0. The Hall–Kier alpha value is -1.04. The first-order chi connectivity index (χ1) is 7.06. The van der Waals surface area contributed by atoms with Crippen LogP contribution in [0.2, 0.25) is 0 Å². The maximum atomic E-state index is 12.5. The number of aromatic nitrogens is 1. The maximum Gasteiger partial charge on any atom is 0.307 e. The molecular weight excluding hydrogens is 272 g/mol. The summed E-state index contributed by atoms with van der Waals surface area (Å²) in [6.45, 7) is 0. The Morgan fingerprint density at radius 2 is 2.20 bits per heavy atom. The number of carboxylic acids is 1. The number of pyridine rings is 1. The molecule has 82 valence electrons. The highest BCUT2D eigenvalue weighted by atomic mass is 79.9. The monoisotopic (exact) mass is 279 g/mol. The summed E-state index contributed by atoms with van der Waals surface area (Å²) < 4.78 is 25.1. The largest absolute Gasteiger partial charge is 0.481 e. The van der Waals surface area contributed by atoms with E-state index >= 15 is 0 Å². The SMILES string of the molecule is O=C(O)Cc1c(CBr)cncc1C(F)F. The molecule has 0 saturated heterocycles. The van der Waals surface area contributed by atoms with Gasteiger partial charge >= 0.3 is 5.97 Å². The van der Waals surface area contributed by atoms with Gasteiger partial charge in [-0.2, -0.15) is 0 Å². The number of hydrogen-bond donors (Lipinski definition) is 1. The molecule has 3 nitrogen and oxygen atoms in total. The first-order valence-electron chi connectivity index (χ1n) is 4.07. The van der Waals surface area contributed by atoms with Crippen LogP contribution < -0.4 is 0 Å². The van der Waals surface area contributed by atoms with Crippen LogP contribution in [0.3, 0.4) is 0 Å².